The highest BCUT2D eigenvalue weighted by Crippen LogP contribution is 2.91. The fourth-order valence-corrected chi connectivity index (χ4v) is 7.65. The molecule has 3 saturated carbocycles. The molecule has 192 valence electrons. The molecule has 7 rings (SSSR count). The molecular weight excluding hydrogens is 460 g/mol. The van der Waals surface area contributed by atoms with Gasteiger partial charge in [0.25, 0.3) is 0 Å². The maximum atomic E-state index is 8.94. The van der Waals surface area contributed by atoms with Crippen molar-refractivity contribution in [2.24, 2.45) is 16.7 Å². The second kappa shape index (κ2) is 8.67. The van der Waals surface area contributed by atoms with Crippen LogP contribution >= 0.6 is 0 Å². The number of amidine groups is 1. The molecule has 2 aromatic carbocycles. The molecular formula is C30H36N6O. The predicted octanol–water partition coefficient (Wildman–Crippen LogP) is 5.41. The largest absolute Gasteiger partial charge is 0.494 e. The maximum absolute atomic E-state index is 8.94. The van der Waals surface area contributed by atoms with Crippen molar-refractivity contribution in [3.63, 3.8) is 0 Å². The average Bonchev–Trinajstić information content (AvgIpc) is 3.61. The van der Waals surface area contributed by atoms with Gasteiger partial charge < -0.3 is 9.64 Å². The van der Waals surface area contributed by atoms with Crippen LogP contribution in [0.2, 0.25) is 0 Å². The van der Waals surface area contributed by atoms with E-state index in [9.17, 15) is 0 Å². The Balaban J connectivity index is 0.876. The van der Waals surface area contributed by atoms with Gasteiger partial charge in [0.1, 0.15) is 12.1 Å². The molecule has 0 amide bonds. The fourth-order valence-electron chi connectivity index (χ4n) is 7.65. The van der Waals surface area contributed by atoms with Crippen LogP contribution in [0.3, 0.4) is 0 Å². The van der Waals surface area contributed by atoms with Crippen molar-refractivity contribution in [1.29, 1.82) is 5.41 Å². The first-order valence-electron chi connectivity index (χ1n) is 14.0. The molecule has 0 spiro atoms. The second-order valence-electron chi connectivity index (χ2n) is 12.0. The molecule has 1 aliphatic heterocycles. The number of fused-ring (bicyclic) bond motifs is 1. The minimum absolute atomic E-state index is 0.212. The Morgan fingerprint density at radius 2 is 1.76 bits per heavy atom. The fraction of sp³-hybridized carbons (Fsp3) is 0.533. The van der Waals surface area contributed by atoms with Crippen LogP contribution in [0.25, 0.3) is 5.69 Å². The lowest BCUT2D eigenvalue weighted by molar-refractivity contribution is 0.199. The maximum Gasteiger partial charge on any atom is 0.143 e. The third-order valence-corrected chi connectivity index (χ3v) is 10.3. The summed E-state index contributed by atoms with van der Waals surface area (Å²) in [6.45, 7) is 2.92. The van der Waals surface area contributed by atoms with E-state index in [4.69, 9.17) is 10.1 Å². The number of aromatic nitrogens is 4. The molecule has 4 fully saturated rings. The minimum Gasteiger partial charge on any atom is -0.494 e. The van der Waals surface area contributed by atoms with Crippen LogP contribution < -0.4 is 4.74 Å². The zero-order valence-corrected chi connectivity index (χ0v) is 21.5. The van der Waals surface area contributed by atoms with Gasteiger partial charge in [-0.15, -0.1) is 5.10 Å². The van der Waals surface area contributed by atoms with E-state index < -0.39 is 0 Å². The quantitative estimate of drug-likeness (QED) is 0.316. The lowest BCUT2D eigenvalue weighted by Crippen LogP contribution is -2.44. The van der Waals surface area contributed by atoms with Crippen LogP contribution in [0, 0.1) is 22.2 Å². The number of tetrazole rings is 1. The van der Waals surface area contributed by atoms with Gasteiger partial charge in [0.2, 0.25) is 0 Å². The normalized spacial score (nSPS) is 27.7. The molecule has 1 N–H and O–H groups in total. The number of nitrogens with zero attached hydrogens (tertiary/aromatic N) is 5. The average molecular weight is 497 g/mol. The van der Waals surface area contributed by atoms with Gasteiger partial charge in [-0.05, 0) is 102 Å². The highest BCUT2D eigenvalue weighted by molar-refractivity contribution is 5.81. The molecule has 0 atom stereocenters. The lowest BCUT2D eigenvalue weighted by atomic mass is 9.62. The summed E-state index contributed by atoms with van der Waals surface area (Å²) in [5.41, 5.74) is 3.72. The molecule has 0 bridgehead atoms. The van der Waals surface area contributed by atoms with Crippen molar-refractivity contribution in [2.45, 2.75) is 63.2 Å². The van der Waals surface area contributed by atoms with Crippen LogP contribution in [0.5, 0.6) is 5.75 Å². The first-order chi connectivity index (χ1) is 18.1. The van der Waals surface area contributed by atoms with Gasteiger partial charge in [-0.25, -0.2) is 4.68 Å². The lowest BCUT2D eigenvalue weighted by Gasteiger charge is -2.45. The van der Waals surface area contributed by atoms with Crippen molar-refractivity contribution in [3.8, 4) is 11.4 Å². The molecule has 7 nitrogen and oxygen atoms in total. The van der Waals surface area contributed by atoms with Gasteiger partial charge in [0, 0.05) is 24.9 Å². The summed E-state index contributed by atoms with van der Waals surface area (Å²) in [6.07, 6.45) is 12.7. The van der Waals surface area contributed by atoms with E-state index in [2.05, 4.69) is 50.8 Å². The number of hydrogen-bond donors (Lipinski definition) is 1. The second-order valence-corrected chi connectivity index (χ2v) is 12.0. The molecule has 37 heavy (non-hydrogen) atoms. The van der Waals surface area contributed by atoms with Crippen molar-refractivity contribution >= 4 is 5.84 Å². The number of ether oxygens (including phenoxy) is 1. The van der Waals surface area contributed by atoms with Gasteiger partial charge in [-0.1, -0.05) is 36.8 Å². The van der Waals surface area contributed by atoms with Gasteiger partial charge in [-0.3, -0.25) is 5.41 Å². The molecule has 1 saturated heterocycles. The van der Waals surface area contributed by atoms with Gasteiger partial charge >= 0.3 is 0 Å². The molecule has 4 aliphatic rings. The van der Waals surface area contributed by atoms with Gasteiger partial charge in [-0.2, -0.15) is 0 Å². The monoisotopic (exact) mass is 496 g/mol. The summed E-state index contributed by atoms with van der Waals surface area (Å²) < 4.78 is 7.75. The first kappa shape index (κ1) is 22.9. The Bertz CT molecular complexity index is 1240. The third kappa shape index (κ3) is 3.94. The van der Waals surface area contributed by atoms with E-state index in [0.717, 1.165) is 55.7 Å². The molecule has 1 aromatic heterocycles. The molecule has 0 unspecified atom stereocenters. The Labute approximate surface area is 218 Å². The number of nitrogens with one attached hydrogen (secondary N) is 1. The molecule has 2 heterocycles. The van der Waals surface area contributed by atoms with Gasteiger partial charge in [0.15, 0.2) is 0 Å². The highest BCUT2D eigenvalue weighted by Gasteiger charge is 2.83. The van der Waals surface area contributed by atoms with Crippen LogP contribution in [0.4, 0.5) is 0 Å². The van der Waals surface area contributed by atoms with E-state index in [1.54, 1.807) is 11.0 Å². The molecule has 0 radical (unpaired) electrons. The van der Waals surface area contributed by atoms with Crippen molar-refractivity contribution in [3.05, 3.63) is 66.5 Å². The van der Waals surface area contributed by atoms with E-state index >= 15 is 0 Å². The van der Waals surface area contributed by atoms with Crippen LogP contribution in [-0.2, 0) is 5.41 Å². The van der Waals surface area contributed by atoms with E-state index in [1.807, 2.05) is 24.3 Å². The Morgan fingerprint density at radius 3 is 2.41 bits per heavy atom. The Kier molecular flexibility index (Phi) is 5.38. The van der Waals surface area contributed by atoms with Crippen LogP contribution in [0.15, 0.2) is 60.9 Å². The summed E-state index contributed by atoms with van der Waals surface area (Å²) in [7, 11) is 0. The third-order valence-electron chi connectivity index (χ3n) is 10.3. The van der Waals surface area contributed by atoms with E-state index in [0.29, 0.717) is 10.8 Å². The zero-order valence-electron chi connectivity index (χ0n) is 21.5. The molecule has 3 aliphatic carbocycles. The van der Waals surface area contributed by atoms with Crippen molar-refractivity contribution in [1.82, 2.24) is 25.1 Å². The minimum atomic E-state index is 0.212. The Morgan fingerprint density at radius 1 is 1.00 bits per heavy atom. The zero-order chi connectivity index (χ0) is 24.9. The number of rotatable bonds is 9. The molecule has 7 heteroatoms. The van der Waals surface area contributed by atoms with Crippen molar-refractivity contribution in [2.75, 3.05) is 19.7 Å². The van der Waals surface area contributed by atoms with Crippen molar-refractivity contribution < 1.29 is 4.74 Å². The SMILES string of the molecule is N=C(CC1(c2ccccc2)CCC1)N1CCC(C23CC2(CCOc2ccc(-n4cnnn4)cc2)C3)CC1. The van der Waals surface area contributed by atoms with E-state index in [1.165, 1.54) is 50.5 Å². The Hall–Kier alpha value is -3.22. The standard InChI is InChI=1S/C30H36N6O/c31-27(19-28(13-4-14-28)23-5-2-1-3-6-23)35-16-11-24(12-17-35)30-20-29(30,21-30)15-18-37-26-9-7-25(8-10-26)36-22-32-33-34-36/h1-3,5-10,22,24,31H,4,11-21H2. The summed E-state index contributed by atoms with van der Waals surface area (Å²) in [5, 5.41) is 20.2. The molecule has 3 aromatic rings. The number of hydrogen-bond acceptors (Lipinski definition) is 5. The summed E-state index contributed by atoms with van der Waals surface area (Å²) in [6, 6.07) is 18.9. The summed E-state index contributed by atoms with van der Waals surface area (Å²) in [5.74, 6) is 2.61. The highest BCUT2D eigenvalue weighted by atomic mass is 16.5. The topological polar surface area (TPSA) is 79.9 Å². The number of benzene rings is 2. The van der Waals surface area contributed by atoms with Gasteiger partial charge in [0.05, 0.1) is 18.1 Å². The van der Waals surface area contributed by atoms with E-state index in [-0.39, 0.29) is 5.41 Å². The summed E-state index contributed by atoms with van der Waals surface area (Å²) in [4.78, 5) is 2.39. The van der Waals surface area contributed by atoms with Crippen LogP contribution in [0.1, 0.15) is 63.4 Å². The number of likely N-dealkylation sites (tertiary alicyclic amines) is 1. The number of piperidine rings is 1. The summed E-state index contributed by atoms with van der Waals surface area (Å²) >= 11 is 0. The predicted molar refractivity (Wildman–Crippen MR) is 142 cm³/mol. The smallest absolute Gasteiger partial charge is 0.143 e. The van der Waals surface area contributed by atoms with Crippen LogP contribution in [-0.4, -0.2) is 50.6 Å². The first-order valence-corrected chi connectivity index (χ1v) is 14.0.